The fourth-order valence-electron chi connectivity index (χ4n) is 5.10. The highest BCUT2D eigenvalue weighted by Gasteiger charge is 2.34. The highest BCUT2D eigenvalue weighted by atomic mass is 35.5. The van der Waals surface area contributed by atoms with Gasteiger partial charge in [-0.3, -0.25) is 0 Å². The van der Waals surface area contributed by atoms with E-state index in [9.17, 15) is 8.78 Å². The first-order valence-corrected chi connectivity index (χ1v) is 10.1. The van der Waals surface area contributed by atoms with E-state index in [0.717, 1.165) is 23.3 Å². The molecule has 0 aliphatic heterocycles. The summed E-state index contributed by atoms with van der Waals surface area (Å²) in [6.45, 7) is 2.39. The summed E-state index contributed by atoms with van der Waals surface area (Å²) in [5, 5.41) is -0.441. The maximum absolute atomic E-state index is 13.7. The second kappa shape index (κ2) is 7.31. The van der Waals surface area contributed by atoms with Gasteiger partial charge in [0.15, 0.2) is 0 Å². The molecule has 138 valence electrons. The largest absolute Gasteiger partial charge is 0.205 e. The Kier molecular flexibility index (Phi) is 5.05. The fraction of sp³-hybridized carbons (Fsp3) is 0.478. The van der Waals surface area contributed by atoms with Crippen LogP contribution in [0.15, 0.2) is 36.4 Å². The molecule has 2 aromatic rings. The maximum atomic E-state index is 13.7. The first-order valence-electron chi connectivity index (χ1n) is 9.76. The molecule has 2 fully saturated rings. The summed E-state index contributed by atoms with van der Waals surface area (Å²) in [6, 6.07) is 10.8. The normalized spacial score (nSPS) is 28.6. The quantitative estimate of drug-likeness (QED) is 0.474. The molecular formula is C23H25ClF2. The van der Waals surface area contributed by atoms with Gasteiger partial charge in [0.2, 0.25) is 0 Å². The highest BCUT2D eigenvalue weighted by Crippen LogP contribution is 2.47. The minimum atomic E-state index is -0.712. The van der Waals surface area contributed by atoms with Crippen molar-refractivity contribution in [1.29, 1.82) is 0 Å². The zero-order valence-corrected chi connectivity index (χ0v) is 15.9. The molecule has 0 spiro atoms. The van der Waals surface area contributed by atoms with Gasteiger partial charge in [0.1, 0.15) is 16.7 Å². The Bertz CT molecular complexity index is 760. The predicted octanol–water partition coefficient (Wildman–Crippen LogP) is 7.61. The Balaban J connectivity index is 1.50. The Labute approximate surface area is 159 Å². The van der Waals surface area contributed by atoms with Gasteiger partial charge in [0.05, 0.1) is 0 Å². The Hall–Kier alpha value is -1.41. The SMILES string of the molecule is CC1CC[C@@H]2C[C@H](c3ccc(-c4cc(F)c(Cl)c(F)c4)cc3)CC[C@@H]2C1. The van der Waals surface area contributed by atoms with Gasteiger partial charge in [-0.1, -0.05) is 49.2 Å². The lowest BCUT2D eigenvalue weighted by Crippen LogP contribution is -2.29. The molecule has 0 N–H and O–H groups in total. The van der Waals surface area contributed by atoms with Crippen LogP contribution in [0.3, 0.4) is 0 Å². The molecule has 3 heteroatoms. The molecule has 0 bridgehead atoms. The van der Waals surface area contributed by atoms with E-state index in [0.29, 0.717) is 11.5 Å². The molecule has 0 heterocycles. The average Bonchev–Trinajstić information content (AvgIpc) is 2.65. The third-order valence-electron chi connectivity index (χ3n) is 6.57. The minimum absolute atomic E-state index is 0.441. The molecule has 0 aromatic heterocycles. The van der Waals surface area contributed by atoms with Crippen LogP contribution in [0.5, 0.6) is 0 Å². The molecule has 26 heavy (non-hydrogen) atoms. The van der Waals surface area contributed by atoms with Gasteiger partial charge in [-0.15, -0.1) is 0 Å². The molecule has 0 saturated heterocycles. The van der Waals surface area contributed by atoms with Crippen LogP contribution < -0.4 is 0 Å². The summed E-state index contributed by atoms with van der Waals surface area (Å²) in [7, 11) is 0. The lowest BCUT2D eigenvalue weighted by molar-refractivity contribution is 0.124. The smallest absolute Gasteiger partial charge is 0.145 e. The molecule has 2 aliphatic rings. The summed E-state index contributed by atoms with van der Waals surface area (Å²) < 4.78 is 27.4. The van der Waals surface area contributed by atoms with E-state index in [-0.39, 0.29) is 0 Å². The first kappa shape index (κ1) is 18.0. The van der Waals surface area contributed by atoms with Crippen LogP contribution in [-0.2, 0) is 0 Å². The Morgan fingerprint density at radius 1 is 0.808 bits per heavy atom. The third-order valence-corrected chi connectivity index (χ3v) is 6.94. The molecule has 4 rings (SSSR count). The van der Waals surface area contributed by atoms with Gasteiger partial charge in [-0.25, -0.2) is 8.78 Å². The molecule has 2 aromatic carbocycles. The van der Waals surface area contributed by atoms with Gasteiger partial charge < -0.3 is 0 Å². The van der Waals surface area contributed by atoms with Crippen LogP contribution >= 0.6 is 11.6 Å². The number of halogens is 3. The lowest BCUT2D eigenvalue weighted by atomic mass is 9.64. The summed E-state index contributed by atoms with van der Waals surface area (Å²) in [6.07, 6.45) is 8.06. The number of hydrogen-bond acceptors (Lipinski definition) is 0. The van der Waals surface area contributed by atoms with Crippen molar-refractivity contribution in [2.75, 3.05) is 0 Å². The summed E-state index contributed by atoms with van der Waals surface area (Å²) in [5.41, 5.74) is 2.71. The molecule has 1 unspecified atom stereocenters. The zero-order valence-electron chi connectivity index (χ0n) is 15.2. The van der Waals surface area contributed by atoms with Crippen molar-refractivity contribution in [2.45, 2.75) is 51.4 Å². The van der Waals surface area contributed by atoms with Crippen molar-refractivity contribution in [3.8, 4) is 11.1 Å². The van der Waals surface area contributed by atoms with Gasteiger partial charge in [0.25, 0.3) is 0 Å². The van der Waals surface area contributed by atoms with Gasteiger partial charge in [-0.05, 0) is 84.6 Å². The van der Waals surface area contributed by atoms with Crippen molar-refractivity contribution < 1.29 is 8.78 Å². The standard InChI is InChI=1S/C23H25ClF2/c1-14-2-3-19-11-18(9-8-17(19)10-14)15-4-6-16(7-5-15)20-12-21(25)23(24)22(26)13-20/h4-7,12-14,17-19H,2-3,8-11H2,1H3/t14?,17-,18-,19-/m1/s1. The Morgan fingerprint density at radius 3 is 2.12 bits per heavy atom. The van der Waals surface area contributed by atoms with Crippen molar-refractivity contribution in [3.63, 3.8) is 0 Å². The Morgan fingerprint density at radius 2 is 1.42 bits per heavy atom. The van der Waals surface area contributed by atoms with E-state index < -0.39 is 16.7 Å². The highest BCUT2D eigenvalue weighted by molar-refractivity contribution is 6.31. The minimum Gasteiger partial charge on any atom is -0.205 e. The predicted molar refractivity (Wildman–Crippen MR) is 103 cm³/mol. The van der Waals surface area contributed by atoms with Crippen molar-refractivity contribution in [2.24, 2.45) is 17.8 Å². The van der Waals surface area contributed by atoms with Crippen molar-refractivity contribution >= 4 is 11.6 Å². The van der Waals surface area contributed by atoms with Crippen LogP contribution in [0.2, 0.25) is 5.02 Å². The van der Waals surface area contributed by atoms with E-state index in [1.54, 1.807) is 0 Å². The second-order valence-corrected chi connectivity index (χ2v) is 8.70. The number of rotatable bonds is 2. The first-order chi connectivity index (χ1) is 12.5. The summed E-state index contributed by atoms with van der Waals surface area (Å²) >= 11 is 5.58. The van der Waals surface area contributed by atoms with E-state index in [2.05, 4.69) is 19.1 Å². The van der Waals surface area contributed by atoms with E-state index in [1.165, 1.54) is 56.2 Å². The van der Waals surface area contributed by atoms with E-state index >= 15 is 0 Å². The van der Waals surface area contributed by atoms with Crippen LogP contribution in [0, 0.1) is 29.4 Å². The third kappa shape index (κ3) is 3.53. The number of fused-ring (bicyclic) bond motifs is 1. The number of benzene rings is 2. The molecule has 0 radical (unpaired) electrons. The van der Waals surface area contributed by atoms with Gasteiger partial charge in [0, 0.05) is 0 Å². The fourth-order valence-corrected chi connectivity index (χ4v) is 5.21. The summed E-state index contributed by atoms with van der Waals surface area (Å²) in [5.74, 6) is 1.90. The molecule has 0 nitrogen and oxygen atoms in total. The lowest BCUT2D eigenvalue weighted by Gasteiger charge is -2.41. The zero-order chi connectivity index (χ0) is 18.3. The average molecular weight is 375 g/mol. The van der Waals surface area contributed by atoms with Crippen LogP contribution in [0.4, 0.5) is 8.78 Å². The summed E-state index contributed by atoms with van der Waals surface area (Å²) in [4.78, 5) is 0. The van der Waals surface area contributed by atoms with Crippen molar-refractivity contribution in [3.05, 3.63) is 58.6 Å². The molecule has 2 saturated carbocycles. The van der Waals surface area contributed by atoms with Gasteiger partial charge >= 0.3 is 0 Å². The van der Waals surface area contributed by atoms with Crippen molar-refractivity contribution in [1.82, 2.24) is 0 Å². The van der Waals surface area contributed by atoms with E-state index in [4.69, 9.17) is 11.6 Å². The molecular weight excluding hydrogens is 350 g/mol. The topological polar surface area (TPSA) is 0 Å². The molecule has 0 amide bonds. The van der Waals surface area contributed by atoms with E-state index in [1.807, 2.05) is 12.1 Å². The van der Waals surface area contributed by atoms with Crippen LogP contribution in [-0.4, -0.2) is 0 Å². The van der Waals surface area contributed by atoms with Crippen LogP contribution in [0.25, 0.3) is 11.1 Å². The van der Waals surface area contributed by atoms with Crippen LogP contribution in [0.1, 0.15) is 56.9 Å². The van der Waals surface area contributed by atoms with Gasteiger partial charge in [-0.2, -0.15) is 0 Å². The molecule has 4 atom stereocenters. The monoisotopic (exact) mass is 374 g/mol. The second-order valence-electron chi connectivity index (χ2n) is 8.32. The number of hydrogen-bond donors (Lipinski definition) is 0. The maximum Gasteiger partial charge on any atom is 0.145 e. The molecule has 2 aliphatic carbocycles.